The zero-order chi connectivity index (χ0) is 14.9. The van der Waals surface area contributed by atoms with Gasteiger partial charge in [-0.3, -0.25) is 4.79 Å². The molecule has 0 unspecified atom stereocenters. The predicted molar refractivity (Wildman–Crippen MR) is 75.2 cm³/mol. The maximum atomic E-state index is 13.5. The van der Waals surface area contributed by atoms with Crippen LogP contribution in [-0.4, -0.2) is 34.6 Å². The van der Waals surface area contributed by atoms with E-state index >= 15 is 0 Å². The van der Waals surface area contributed by atoms with Gasteiger partial charge in [0.25, 0.3) is 0 Å². The minimum absolute atomic E-state index is 0.0355. The van der Waals surface area contributed by atoms with Crippen LogP contribution in [0.2, 0.25) is 0 Å². The number of hydrogen-bond acceptors (Lipinski definition) is 2. The first-order valence-electron chi connectivity index (χ1n) is 6.13. The van der Waals surface area contributed by atoms with Crippen molar-refractivity contribution in [3.05, 3.63) is 28.0 Å². The first-order valence-corrected chi connectivity index (χ1v) is 6.93. The highest BCUT2D eigenvalue weighted by Gasteiger charge is 2.34. The molecule has 1 aromatic carbocycles. The molecule has 108 valence electrons. The Morgan fingerprint density at radius 2 is 2.15 bits per heavy atom. The van der Waals surface area contributed by atoms with Gasteiger partial charge in [-0.25, -0.2) is 9.18 Å². The van der Waals surface area contributed by atoms with E-state index in [0.717, 1.165) is 12.8 Å². The van der Waals surface area contributed by atoms with Crippen LogP contribution in [0.15, 0.2) is 16.6 Å². The van der Waals surface area contributed by atoms with Crippen molar-refractivity contribution in [1.82, 2.24) is 4.90 Å². The molecule has 0 bridgehead atoms. The average molecular weight is 345 g/mol. The van der Waals surface area contributed by atoms with Gasteiger partial charge < -0.3 is 15.3 Å². The van der Waals surface area contributed by atoms with E-state index in [1.165, 1.54) is 11.0 Å². The summed E-state index contributed by atoms with van der Waals surface area (Å²) in [5.74, 6) is -1.55. The smallest absolute Gasteiger partial charge is 0.323 e. The first-order chi connectivity index (χ1) is 9.38. The molecule has 0 atom stereocenters. The predicted octanol–water partition coefficient (Wildman–Crippen LogP) is 2.98. The third kappa shape index (κ3) is 3.47. The third-order valence-corrected chi connectivity index (χ3v) is 3.67. The molecule has 0 aliphatic heterocycles. The van der Waals surface area contributed by atoms with Crippen LogP contribution in [0.4, 0.5) is 14.9 Å². The van der Waals surface area contributed by atoms with Gasteiger partial charge in [-0.15, -0.1) is 0 Å². The molecule has 5 nitrogen and oxygen atoms in total. The van der Waals surface area contributed by atoms with E-state index in [0.29, 0.717) is 15.7 Å². The van der Waals surface area contributed by atoms with Crippen molar-refractivity contribution in [3.63, 3.8) is 0 Å². The molecule has 2 rings (SSSR count). The van der Waals surface area contributed by atoms with Crippen LogP contribution in [0.3, 0.4) is 0 Å². The van der Waals surface area contributed by atoms with Gasteiger partial charge in [-0.1, -0.05) is 0 Å². The van der Waals surface area contributed by atoms with Crippen LogP contribution in [0.1, 0.15) is 18.4 Å². The normalized spacial score (nSPS) is 13.9. The number of carbonyl (C=O) groups is 2. The van der Waals surface area contributed by atoms with Gasteiger partial charge in [0, 0.05) is 11.7 Å². The number of halogens is 2. The Morgan fingerprint density at radius 3 is 2.70 bits per heavy atom. The molecule has 1 aromatic rings. The van der Waals surface area contributed by atoms with Crippen molar-refractivity contribution >= 4 is 33.6 Å². The summed E-state index contributed by atoms with van der Waals surface area (Å²) in [5, 5.41) is 11.4. The molecular formula is C13H14BrFN2O3. The van der Waals surface area contributed by atoms with E-state index in [1.807, 2.05) is 0 Å². The number of carbonyl (C=O) groups excluding carboxylic acids is 1. The van der Waals surface area contributed by atoms with Crippen LogP contribution in [0, 0.1) is 12.7 Å². The summed E-state index contributed by atoms with van der Waals surface area (Å²) in [5.41, 5.74) is 1.03. The van der Waals surface area contributed by atoms with Gasteiger partial charge in [-0.05, 0) is 53.4 Å². The highest BCUT2D eigenvalue weighted by molar-refractivity contribution is 9.10. The second-order valence-corrected chi connectivity index (χ2v) is 5.62. The zero-order valence-electron chi connectivity index (χ0n) is 10.8. The third-order valence-electron chi connectivity index (χ3n) is 3.06. The minimum Gasteiger partial charge on any atom is -0.480 e. The lowest BCUT2D eigenvalue weighted by atomic mass is 10.2. The Bertz CT molecular complexity index is 561. The second kappa shape index (κ2) is 5.78. The molecule has 1 fully saturated rings. The number of nitrogens with zero attached hydrogens (tertiary/aromatic N) is 1. The zero-order valence-corrected chi connectivity index (χ0v) is 12.4. The van der Waals surface area contributed by atoms with E-state index < -0.39 is 17.8 Å². The van der Waals surface area contributed by atoms with E-state index in [4.69, 9.17) is 5.11 Å². The lowest BCUT2D eigenvalue weighted by Gasteiger charge is -2.21. The number of benzene rings is 1. The number of carboxylic acids is 1. The minimum atomic E-state index is -1.06. The fourth-order valence-corrected chi connectivity index (χ4v) is 2.32. The summed E-state index contributed by atoms with van der Waals surface area (Å²) in [6, 6.07) is 2.22. The number of nitrogens with one attached hydrogen (secondary N) is 1. The second-order valence-electron chi connectivity index (χ2n) is 4.76. The average Bonchev–Trinajstić information content (AvgIpc) is 3.16. The lowest BCUT2D eigenvalue weighted by Crippen LogP contribution is -2.40. The molecule has 1 aliphatic rings. The SMILES string of the molecule is Cc1cc(Br)c(F)cc1NC(=O)N(CC(=O)O)C1CC1. The highest BCUT2D eigenvalue weighted by atomic mass is 79.9. The monoisotopic (exact) mass is 344 g/mol. The molecule has 0 radical (unpaired) electrons. The van der Waals surface area contributed by atoms with E-state index in [1.54, 1.807) is 13.0 Å². The van der Waals surface area contributed by atoms with E-state index in [9.17, 15) is 14.0 Å². The molecule has 0 saturated heterocycles. The van der Waals surface area contributed by atoms with Gasteiger partial charge in [0.15, 0.2) is 0 Å². The van der Waals surface area contributed by atoms with Crippen molar-refractivity contribution in [2.24, 2.45) is 0 Å². The van der Waals surface area contributed by atoms with Crippen molar-refractivity contribution < 1.29 is 19.1 Å². The molecule has 2 N–H and O–H groups in total. The molecule has 1 saturated carbocycles. The number of aliphatic carboxylic acids is 1. The van der Waals surface area contributed by atoms with Gasteiger partial charge in [-0.2, -0.15) is 0 Å². The maximum absolute atomic E-state index is 13.5. The molecule has 7 heteroatoms. The van der Waals surface area contributed by atoms with Gasteiger partial charge >= 0.3 is 12.0 Å². The molecule has 1 aliphatic carbocycles. The fourth-order valence-electron chi connectivity index (χ4n) is 1.87. The van der Waals surface area contributed by atoms with Crippen LogP contribution in [0.5, 0.6) is 0 Å². The number of carboxylic acid groups (broad SMARTS) is 1. The Kier molecular flexibility index (Phi) is 4.27. The van der Waals surface area contributed by atoms with Crippen LogP contribution in [-0.2, 0) is 4.79 Å². The molecule has 0 aromatic heterocycles. The largest absolute Gasteiger partial charge is 0.480 e. The summed E-state index contributed by atoms with van der Waals surface area (Å²) in [6.45, 7) is 1.38. The summed E-state index contributed by atoms with van der Waals surface area (Å²) in [4.78, 5) is 24.1. The maximum Gasteiger partial charge on any atom is 0.323 e. The topological polar surface area (TPSA) is 69.6 Å². The molecule has 0 heterocycles. The lowest BCUT2D eigenvalue weighted by molar-refractivity contribution is -0.137. The van der Waals surface area contributed by atoms with Crippen LogP contribution < -0.4 is 5.32 Å². The summed E-state index contributed by atoms with van der Waals surface area (Å²) >= 11 is 3.07. The van der Waals surface area contributed by atoms with Gasteiger partial charge in [0.05, 0.1) is 4.47 Å². The standard InChI is InChI=1S/C13H14BrFN2O3/c1-7-4-9(14)10(15)5-11(7)16-13(20)17(6-12(18)19)8-2-3-8/h4-5,8H,2-3,6H2,1H3,(H,16,20)(H,18,19). The quantitative estimate of drug-likeness (QED) is 0.882. The fraction of sp³-hybridized carbons (Fsp3) is 0.385. The molecule has 20 heavy (non-hydrogen) atoms. The number of urea groups is 1. The Balaban J connectivity index is 2.13. The number of amides is 2. The number of anilines is 1. The highest BCUT2D eigenvalue weighted by Crippen LogP contribution is 2.28. The molecule has 2 amide bonds. The number of aryl methyl sites for hydroxylation is 1. The Hall–Kier alpha value is -1.63. The molecular weight excluding hydrogens is 331 g/mol. The number of hydrogen-bond donors (Lipinski definition) is 2. The Labute approximate surface area is 123 Å². The van der Waals surface area contributed by atoms with E-state index in [-0.39, 0.29) is 12.6 Å². The van der Waals surface area contributed by atoms with Crippen LogP contribution >= 0.6 is 15.9 Å². The molecule has 0 spiro atoms. The Morgan fingerprint density at radius 1 is 1.50 bits per heavy atom. The van der Waals surface area contributed by atoms with Crippen LogP contribution in [0.25, 0.3) is 0 Å². The first kappa shape index (κ1) is 14.8. The number of rotatable bonds is 4. The van der Waals surface area contributed by atoms with Gasteiger partial charge in [0.2, 0.25) is 0 Å². The summed E-state index contributed by atoms with van der Waals surface area (Å²) in [7, 11) is 0. The van der Waals surface area contributed by atoms with Crippen molar-refractivity contribution in [1.29, 1.82) is 0 Å². The van der Waals surface area contributed by atoms with Crippen molar-refractivity contribution in [2.45, 2.75) is 25.8 Å². The summed E-state index contributed by atoms with van der Waals surface area (Å²) in [6.07, 6.45) is 1.60. The van der Waals surface area contributed by atoms with E-state index in [2.05, 4.69) is 21.2 Å². The van der Waals surface area contributed by atoms with Gasteiger partial charge in [0.1, 0.15) is 12.4 Å². The summed E-state index contributed by atoms with van der Waals surface area (Å²) < 4.78 is 13.8. The van der Waals surface area contributed by atoms with Crippen molar-refractivity contribution in [2.75, 3.05) is 11.9 Å². The van der Waals surface area contributed by atoms with Crippen molar-refractivity contribution in [3.8, 4) is 0 Å².